The molecule has 0 bridgehead atoms. The van der Waals surface area contributed by atoms with Crippen molar-refractivity contribution in [2.24, 2.45) is 0 Å². The Morgan fingerprint density at radius 3 is 1.22 bits per heavy atom. The first-order valence-corrected chi connectivity index (χ1v) is 30.7. The van der Waals surface area contributed by atoms with Crippen LogP contribution in [-0.4, -0.2) is 96.8 Å². The van der Waals surface area contributed by atoms with E-state index in [0.29, 0.717) is 46.5 Å². The number of alkyl halides is 6. The number of aliphatic hydroxyl groups excluding tert-OH is 1. The number of carboxylic acid groups (broad SMARTS) is 1. The molecular formula is C75H63F11N2O11. The minimum absolute atomic E-state index is 0.0760. The summed E-state index contributed by atoms with van der Waals surface area (Å²) in [7, 11) is 0. The Kier molecular flexibility index (Phi) is 25.1. The van der Waals surface area contributed by atoms with Crippen LogP contribution in [0.15, 0.2) is 206 Å². The van der Waals surface area contributed by atoms with E-state index in [1.807, 2.05) is 4.90 Å². The summed E-state index contributed by atoms with van der Waals surface area (Å²) in [6.45, 7) is 5.02. The zero-order valence-corrected chi connectivity index (χ0v) is 52.8. The number of aliphatic hydroxyl groups is 1. The van der Waals surface area contributed by atoms with E-state index in [2.05, 4.69) is 14.8 Å². The quantitative estimate of drug-likeness (QED) is 0.0302. The molecule has 516 valence electrons. The van der Waals surface area contributed by atoms with E-state index in [1.54, 1.807) is 55.5 Å². The third kappa shape index (κ3) is 19.3. The van der Waals surface area contributed by atoms with Crippen LogP contribution in [0.3, 0.4) is 0 Å². The number of esters is 2. The highest BCUT2D eigenvalue weighted by molar-refractivity contribution is 6.40. The molecule has 9 aromatic carbocycles. The zero-order valence-electron chi connectivity index (χ0n) is 52.8. The van der Waals surface area contributed by atoms with Gasteiger partial charge in [0.15, 0.2) is 17.3 Å². The summed E-state index contributed by atoms with van der Waals surface area (Å²) in [6, 6.07) is 45.9. The topological polar surface area (TPSA) is 178 Å². The number of carbonyl (C=O) groups excluding carboxylic acids is 4. The highest BCUT2D eigenvalue weighted by atomic mass is 19.3. The van der Waals surface area contributed by atoms with E-state index in [1.165, 1.54) is 122 Å². The number of halogens is 11. The maximum Gasteiger partial charge on any atom is 0.381 e. The van der Waals surface area contributed by atoms with Crippen LogP contribution in [0.25, 0.3) is 44.5 Å². The molecular weight excluding hydrogens is 1310 g/mol. The lowest BCUT2D eigenvalue weighted by molar-refractivity contribution is -0.173. The van der Waals surface area contributed by atoms with Crippen LogP contribution in [0.5, 0.6) is 11.5 Å². The molecule has 9 aromatic rings. The van der Waals surface area contributed by atoms with Gasteiger partial charge in [0, 0.05) is 28.8 Å². The fraction of sp³-hybridized carbons (Fsp3) is 0.213. The number of rotatable bonds is 19. The van der Waals surface area contributed by atoms with Crippen molar-refractivity contribution in [2.45, 2.75) is 56.6 Å². The molecule has 2 aliphatic rings. The van der Waals surface area contributed by atoms with Crippen LogP contribution in [0.1, 0.15) is 65.4 Å². The minimum atomic E-state index is -3.92. The van der Waals surface area contributed by atoms with Crippen molar-refractivity contribution in [2.75, 3.05) is 46.1 Å². The lowest BCUT2D eigenvalue weighted by Crippen LogP contribution is -2.51. The molecule has 0 unspecified atom stereocenters. The summed E-state index contributed by atoms with van der Waals surface area (Å²) >= 11 is 0. The molecule has 0 aromatic heterocycles. The molecule has 1 fully saturated rings. The zero-order chi connectivity index (χ0) is 71.6. The van der Waals surface area contributed by atoms with Gasteiger partial charge >= 0.3 is 35.7 Å². The first kappa shape index (κ1) is 74.1. The summed E-state index contributed by atoms with van der Waals surface area (Å²) in [4.78, 5) is 59.6. The second-order valence-electron chi connectivity index (χ2n) is 22.2. The van der Waals surface area contributed by atoms with E-state index in [9.17, 15) is 68.6 Å². The predicted octanol–water partition coefficient (Wildman–Crippen LogP) is 15.9. The Morgan fingerprint density at radius 2 is 0.838 bits per heavy atom. The maximum atomic E-state index is 15.3. The van der Waals surface area contributed by atoms with E-state index >= 15 is 8.78 Å². The molecule has 24 heteroatoms. The number of fused-ring (bicyclic) bond motifs is 1. The number of benzene rings is 9. The highest BCUT2D eigenvalue weighted by Gasteiger charge is 2.45. The first-order chi connectivity index (χ1) is 47.2. The fourth-order valence-electron chi connectivity index (χ4n) is 10.2. The fourth-order valence-corrected chi connectivity index (χ4v) is 10.2. The monoisotopic (exact) mass is 1380 g/mol. The number of Topliss-reactive ketones (excluding diaryl/α,β-unsaturated/α-hetero) is 1. The summed E-state index contributed by atoms with van der Waals surface area (Å²) in [5.41, 5.74) is 4.28. The third-order valence-electron chi connectivity index (χ3n) is 15.5. The van der Waals surface area contributed by atoms with Crippen molar-refractivity contribution >= 4 is 29.6 Å². The standard InChI is InChI=1S/C29H28F4N2O4.C16H13F3O2.C16H13FO3.C14H9F3O2/c30-22-9-5-19(6-10-22)18-3-7-21(8-4-18)29(32,33)28(37)34-24(17-35-11-1-2-12-35)26(36)20-15-23(31)27-25(16-20)38-13-14-39-27;1-2-21-15(20)16(18,19)13-7-3-11(4-8-13)12-5-9-14(17)10-6-12;1-2-20-16(19)15(18)13-5-3-11(4-6-13)12-7-9-14(17)10-8-12;15-12-7-3-10(4-8-12)9-1-5-11(6-2-9)14(16,17)13(18)19/h3-10,15-16,24,26,36H,1-2,11-14,17H2,(H,34,37);3-10H,2H2,1H3;3-10H,2H2,1H3;1-8H,(H,18,19)/t24-,26-;;;/m1.../s1. The maximum absolute atomic E-state index is 15.3. The van der Waals surface area contributed by atoms with Crippen molar-refractivity contribution < 1.29 is 101 Å². The average Bonchev–Trinajstić information content (AvgIpc) is 1.24. The molecule has 2 aliphatic heterocycles. The van der Waals surface area contributed by atoms with E-state index < -0.39 is 93.7 Å². The molecule has 99 heavy (non-hydrogen) atoms. The molecule has 0 aliphatic carbocycles. The van der Waals surface area contributed by atoms with Gasteiger partial charge in [-0.05, 0) is 151 Å². The number of ketones is 1. The number of amides is 1. The van der Waals surface area contributed by atoms with Gasteiger partial charge in [-0.15, -0.1) is 0 Å². The number of hydrogen-bond acceptors (Lipinski definition) is 11. The first-order valence-electron chi connectivity index (χ1n) is 30.7. The van der Waals surface area contributed by atoms with Crippen molar-refractivity contribution in [3.05, 3.63) is 263 Å². The molecule has 11 rings (SSSR count). The molecule has 2 atom stereocenters. The van der Waals surface area contributed by atoms with E-state index in [0.717, 1.165) is 66.4 Å². The van der Waals surface area contributed by atoms with E-state index in [4.69, 9.17) is 14.6 Å². The van der Waals surface area contributed by atoms with Crippen LogP contribution < -0.4 is 14.8 Å². The van der Waals surface area contributed by atoms with Gasteiger partial charge in [0.2, 0.25) is 0 Å². The molecule has 13 nitrogen and oxygen atoms in total. The number of aliphatic carboxylic acids is 1. The van der Waals surface area contributed by atoms with Gasteiger partial charge in [0.1, 0.15) is 42.6 Å². The van der Waals surface area contributed by atoms with Crippen molar-refractivity contribution in [1.82, 2.24) is 10.2 Å². The third-order valence-corrected chi connectivity index (χ3v) is 15.5. The number of nitrogens with zero attached hydrogens (tertiary/aromatic N) is 1. The Bertz CT molecular complexity index is 4200. The van der Waals surface area contributed by atoms with Gasteiger partial charge in [-0.25, -0.2) is 36.3 Å². The summed E-state index contributed by atoms with van der Waals surface area (Å²) in [6.07, 6.45) is 0.328. The van der Waals surface area contributed by atoms with Gasteiger partial charge in [0.25, 0.3) is 11.7 Å². The van der Waals surface area contributed by atoms with Crippen molar-refractivity contribution in [3.8, 4) is 56.0 Å². The number of likely N-dealkylation sites (tertiary alicyclic amines) is 1. The van der Waals surface area contributed by atoms with Gasteiger partial charge in [0.05, 0.1) is 19.3 Å². The Morgan fingerprint density at radius 1 is 0.485 bits per heavy atom. The molecule has 0 saturated carbocycles. The van der Waals surface area contributed by atoms with Gasteiger partial charge in [-0.2, -0.15) is 26.3 Å². The molecule has 0 radical (unpaired) electrons. The van der Waals surface area contributed by atoms with Crippen LogP contribution in [0.2, 0.25) is 0 Å². The Hall–Kier alpha value is -10.7. The number of ether oxygens (including phenoxy) is 4. The largest absolute Gasteiger partial charge is 0.486 e. The highest BCUT2D eigenvalue weighted by Crippen LogP contribution is 2.39. The Balaban J connectivity index is 0.000000178. The molecule has 1 amide bonds. The Labute approximate surface area is 561 Å². The van der Waals surface area contributed by atoms with E-state index in [-0.39, 0.29) is 67.2 Å². The van der Waals surface area contributed by atoms with Crippen LogP contribution in [-0.2, 0) is 46.4 Å². The summed E-state index contributed by atoms with van der Waals surface area (Å²) in [5, 5.41) is 21.9. The smallest absolute Gasteiger partial charge is 0.381 e. The number of carbonyl (C=O) groups is 5. The molecule has 1 saturated heterocycles. The van der Waals surface area contributed by atoms with Crippen LogP contribution >= 0.6 is 0 Å². The normalized spacial score (nSPS) is 13.3. The molecule has 0 spiro atoms. The van der Waals surface area contributed by atoms with Crippen LogP contribution in [0.4, 0.5) is 48.3 Å². The van der Waals surface area contributed by atoms with Crippen molar-refractivity contribution in [1.29, 1.82) is 0 Å². The van der Waals surface area contributed by atoms with Gasteiger partial charge in [-0.3, -0.25) is 9.59 Å². The van der Waals surface area contributed by atoms with Gasteiger partial charge < -0.3 is 39.4 Å². The number of hydrogen-bond donors (Lipinski definition) is 3. The second-order valence-corrected chi connectivity index (χ2v) is 22.2. The summed E-state index contributed by atoms with van der Waals surface area (Å²) in [5.74, 6) is -20.6. The number of carboxylic acids is 1. The lowest BCUT2D eigenvalue weighted by Gasteiger charge is -2.30. The molecule has 3 N–H and O–H groups in total. The number of nitrogens with one attached hydrogen (secondary N) is 1. The van der Waals surface area contributed by atoms with Crippen LogP contribution in [0, 0.1) is 29.1 Å². The van der Waals surface area contributed by atoms with Crippen molar-refractivity contribution in [3.63, 3.8) is 0 Å². The minimum Gasteiger partial charge on any atom is -0.486 e. The summed E-state index contributed by atoms with van der Waals surface area (Å²) < 4.78 is 171. The predicted molar refractivity (Wildman–Crippen MR) is 344 cm³/mol. The second kappa shape index (κ2) is 33.5. The lowest BCUT2D eigenvalue weighted by atomic mass is 9.98. The van der Waals surface area contributed by atoms with Gasteiger partial charge in [-0.1, -0.05) is 146 Å². The molecule has 2 heterocycles. The SMILES string of the molecule is CCOC(=O)C(=O)c1ccc(-c2ccc(F)cc2)cc1.CCOC(=O)C(F)(F)c1ccc(-c2ccc(F)cc2)cc1.O=C(N[C@H](CN1CCCC1)[C@H](O)c1cc(F)c2c(c1)OCCO2)C(F)(F)c1ccc(-c2ccc(F)cc2)cc1.O=C(O)C(F)(F)c1ccc(-c2ccc(F)cc2)cc1. The average molecular weight is 1380 g/mol.